The molecule has 0 saturated heterocycles. The summed E-state index contributed by atoms with van der Waals surface area (Å²) in [7, 11) is 0. The Bertz CT molecular complexity index is 535. The molecule has 6 heteroatoms. The van der Waals surface area contributed by atoms with Crippen LogP contribution in [0.2, 0.25) is 0 Å². The molecule has 3 rings (SSSR count). The van der Waals surface area contributed by atoms with Gasteiger partial charge in [0.15, 0.2) is 5.82 Å². The highest BCUT2D eigenvalue weighted by atomic mass is 15.3. The lowest BCUT2D eigenvalue weighted by atomic mass is 10.3. The molecule has 0 aromatic carbocycles. The largest absolute Gasteiger partial charge is 0.384 e. The van der Waals surface area contributed by atoms with Crippen LogP contribution >= 0.6 is 0 Å². The highest BCUT2D eigenvalue weighted by Crippen LogP contribution is 2.21. The van der Waals surface area contributed by atoms with E-state index in [0.29, 0.717) is 0 Å². The summed E-state index contributed by atoms with van der Waals surface area (Å²) in [4.78, 5) is 6.55. The van der Waals surface area contributed by atoms with Crippen molar-refractivity contribution in [2.75, 3.05) is 23.3 Å². The van der Waals surface area contributed by atoms with Gasteiger partial charge in [-0.05, 0) is 13.0 Å². The SMILES string of the molecule is CCNc1cncc(N2CCn3cnnc3C2)c1. The Morgan fingerprint density at radius 2 is 2.28 bits per heavy atom. The summed E-state index contributed by atoms with van der Waals surface area (Å²) in [5.41, 5.74) is 2.18. The number of hydrogen-bond donors (Lipinski definition) is 1. The van der Waals surface area contributed by atoms with E-state index in [9.17, 15) is 0 Å². The molecule has 6 nitrogen and oxygen atoms in total. The molecule has 3 heterocycles. The second-order valence-electron chi connectivity index (χ2n) is 4.32. The van der Waals surface area contributed by atoms with Crippen molar-refractivity contribution in [1.82, 2.24) is 19.7 Å². The van der Waals surface area contributed by atoms with Gasteiger partial charge >= 0.3 is 0 Å². The standard InChI is InChI=1S/C12H16N6/c1-2-14-10-5-11(7-13-6-10)17-3-4-18-9-15-16-12(18)8-17/h5-7,9,14H,2-4,8H2,1H3. The van der Waals surface area contributed by atoms with Gasteiger partial charge in [-0.15, -0.1) is 10.2 Å². The van der Waals surface area contributed by atoms with Crippen molar-refractivity contribution in [2.45, 2.75) is 20.0 Å². The first-order valence-corrected chi connectivity index (χ1v) is 6.17. The van der Waals surface area contributed by atoms with Crippen molar-refractivity contribution in [1.29, 1.82) is 0 Å². The summed E-state index contributed by atoms with van der Waals surface area (Å²) >= 11 is 0. The van der Waals surface area contributed by atoms with Crippen LogP contribution in [0.15, 0.2) is 24.8 Å². The molecule has 0 fully saturated rings. The van der Waals surface area contributed by atoms with Crippen molar-refractivity contribution >= 4 is 11.4 Å². The van der Waals surface area contributed by atoms with E-state index in [2.05, 4.69) is 43.0 Å². The van der Waals surface area contributed by atoms with E-state index in [4.69, 9.17) is 0 Å². The van der Waals surface area contributed by atoms with Gasteiger partial charge in [0, 0.05) is 19.6 Å². The van der Waals surface area contributed by atoms with Gasteiger partial charge in [-0.25, -0.2) is 0 Å². The van der Waals surface area contributed by atoms with Crippen molar-refractivity contribution in [3.8, 4) is 0 Å². The maximum atomic E-state index is 4.28. The first-order chi connectivity index (χ1) is 8.86. The highest BCUT2D eigenvalue weighted by molar-refractivity contribution is 5.55. The minimum absolute atomic E-state index is 0.789. The number of pyridine rings is 1. The smallest absolute Gasteiger partial charge is 0.152 e. The number of aromatic nitrogens is 4. The first-order valence-electron chi connectivity index (χ1n) is 6.17. The summed E-state index contributed by atoms with van der Waals surface area (Å²) in [6, 6.07) is 2.13. The zero-order chi connectivity index (χ0) is 12.4. The lowest BCUT2D eigenvalue weighted by Gasteiger charge is -2.28. The van der Waals surface area contributed by atoms with Gasteiger partial charge < -0.3 is 14.8 Å². The van der Waals surface area contributed by atoms with Crippen molar-refractivity contribution in [2.24, 2.45) is 0 Å². The summed E-state index contributed by atoms with van der Waals surface area (Å²) in [6.45, 7) is 5.66. The molecule has 1 aliphatic heterocycles. The Hall–Kier alpha value is -2.11. The molecule has 1 aliphatic rings. The first kappa shape index (κ1) is 11.0. The molecule has 2 aromatic heterocycles. The lowest BCUT2D eigenvalue weighted by Crippen LogP contribution is -2.33. The van der Waals surface area contributed by atoms with E-state index >= 15 is 0 Å². The summed E-state index contributed by atoms with van der Waals surface area (Å²) in [5.74, 6) is 1.01. The predicted molar refractivity (Wildman–Crippen MR) is 69.5 cm³/mol. The Labute approximate surface area is 106 Å². The molecule has 0 spiro atoms. The fourth-order valence-electron chi connectivity index (χ4n) is 2.19. The Morgan fingerprint density at radius 3 is 3.17 bits per heavy atom. The Morgan fingerprint density at radius 1 is 1.33 bits per heavy atom. The topological polar surface area (TPSA) is 58.9 Å². The third-order valence-corrected chi connectivity index (χ3v) is 3.11. The van der Waals surface area contributed by atoms with Crippen molar-refractivity contribution in [3.05, 3.63) is 30.6 Å². The second-order valence-corrected chi connectivity index (χ2v) is 4.32. The summed E-state index contributed by atoms with van der Waals surface area (Å²) in [5, 5.41) is 11.3. The molecular weight excluding hydrogens is 228 g/mol. The van der Waals surface area contributed by atoms with Gasteiger partial charge in [0.2, 0.25) is 0 Å². The van der Waals surface area contributed by atoms with Gasteiger partial charge in [0.1, 0.15) is 6.33 Å². The summed E-state index contributed by atoms with van der Waals surface area (Å²) < 4.78 is 2.10. The van der Waals surface area contributed by atoms with Crippen LogP contribution in [-0.4, -0.2) is 32.8 Å². The van der Waals surface area contributed by atoms with Gasteiger partial charge in [-0.1, -0.05) is 0 Å². The van der Waals surface area contributed by atoms with Gasteiger partial charge in [-0.2, -0.15) is 0 Å². The molecule has 0 radical (unpaired) electrons. The van der Waals surface area contributed by atoms with E-state index in [-0.39, 0.29) is 0 Å². The fourth-order valence-corrected chi connectivity index (χ4v) is 2.19. The minimum Gasteiger partial charge on any atom is -0.384 e. The van der Waals surface area contributed by atoms with Crippen LogP contribution in [0.4, 0.5) is 11.4 Å². The van der Waals surface area contributed by atoms with Crippen LogP contribution in [0.3, 0.4) is 0 Å². The minimum atomic E-state index is 0.789. The van der Waals surface area contributed by atoms with E-state index in [1.54, 1.807) is 6.33 Å². The monoisotopic (exact) mass is 244 g/mol. The van der Waals surface area contributed by atoms with Crippen LogP contribution in [0, 0.1) is 0 Å². The molecular formula is C12H16N6. The highest BCUT2D eigenvalue weighted by Gasteiger charge is 2.17. The van der Waals surface area contributed by atoms with Gasteiger partial charge in [-0.3, -0.25) is 4.98 Å². The van der Waals surface area contributed by atoms with Crippen molar-refractivity contribution in [3.63, 3.8) is 0 Å². The van der Waals surface area contributed by atoms with Crippen LogP contribution in [0.1, 0.15) is 12.7 Å². The zero-order valence-corrected chi connectivity index (χ0v) is 10.4. The molecule has 0 atom stereocenters. The number of anilines is 2. The molecule has 0 aliphatic carbocycles. The van der Waals surface area contributed by atoms with Crippen LogP contribution in [0.5, 0.6) is 0 Å². The van der Waals surface area contributed by atoms with Crippen LogP contribution < -0.4 is 10.2 Å². The number of nitrogens with zero attached hydrogens (tertiary/aromatic N) is 5. The van der Waals surface area contributed by atoms with E-state index in [1.807, 2.05) is 12.4 Å². The second kappa shape index (κ2) is 4.64. The number of fused-ring (bicyclic) bond motifs is 1. The number of nitrogens with one attached hydrogen (secondary N) is 1. The Balaban J connectivity index is 1.81. The van der Waals surface area contributed by atoms with Gasteiger partial charge in [0.05, 0.1) is 30.3 Å². The van der Waals surface area contributed by atoms with E-state index < -0.39 is 0 Å². The third kappa shape index (κ3) is 2.01. The average Bonchev–Trinajstić information content (AvgIpc) is 2.86. The maximum Gasteiger partial charge on any atom is 0.152 e. The van der Waals surface area contributed by atoms with Crippen LogP contribution in [-0.2, 0) is 13.1 Å². The third-order valence-electron chi connectivity index (χ3n) is 3.11. The molecule has 0 amide bonds. The normalized spacial score (nSPS) is 14.4. The molecule has 2 aromatic rings. The molecule has 1 N–H and O–H groups in total. The molecule has 94 valence electrons. The van der Waals surface area contributed by atoms with Gasteiger partial charge in [0.25, 0.3) is 0 Å². The van der Waals surface area contributed by atoms with E-state index in [0.717, 1.165) is 43.4 Å². The number of rotatable bonds is 3. The molecule has 0 unspecified atom stereocenters. The molecule has 0 saturated carbocycles. The molecule has 0 bridgehead atoms. The lowest BCUT2D eigenvalue weighted by molar-refractivity contribution is 0.559. The van der Waals surface area contributed by atoms with Crippen molar-refractivity contribution < 1.29 is 0 Å². The van der Waals surface area contributed by atoms with Crippen LogP contribution in [0.25, 0.3) is 0 Å². The summed E-state index contributed by atoms with van der Waals surface area (Å²) in [6.07, 6.45) is 5.53. The molecule has 18 heavy (non-hydrogen) atoms. The Kier molecular flexibility index (Phi) is 2.84. The number of hydrogen-bond acceptors (Lipinski definition) is 5. The fraction of sp³-hybridized carbons (Fsp3) is 0.417. The zero-order valence-electron chi connectivity index (χ0n) is 10.4. The maximum absolute atomic E-state index is 4.28. The van der Waals surface area contributed by atoms with E-state index in [1.165, 1.54) is 0 Å². The average molecular weight is 244 g/mol. The quantitative estimate of drug-likeness (QED) is 0.877. The predicted octanol–water partition coefficient (Wildman–Crippen LogP) is 1.13.